The van der Waals surface area contributed by atoms with Gasteiger partial charge < -0.3 is 4.90 Å². The number of carbonyl (C=O) groups is 1. The molecule has 2 aromatic carbocycles. The number of hydrogen-bond acceptors (Lipinski definition) is 4. The lowest BCUT2D eigenvalue weighted by Crippen LogP contribution is -2.48. The quantitative estimate of drug-likeness (QED) is 0.472. The molecule has 0 saturated carbocycles. The zero-order valence-corrected chi connectivity index (χ0v) is 18.0. The molecule has 1 aromatic heterocycles. The smallest absolute Gasteiger partial charge is 0.168 e. The van der Waals surface area contributed by atoms with Gasteiger partial charge in [-0.25, -0.2) is 0 Å². The Balaban J connectivity index is 1.38. The van der Waals surface area contributed by atoms with Crippen molar-refractivity contribution in [3.05, 3.63) is 63.5 Å². The number of fused-ring (bicyclic) bond motifs is 1. The number of Topliss-reactive ketones (excluding diaryl/α,β-unsaturated/α-hetero) is 1. The summed E-state index contributed by atoms with van der Waals surface area (Å²) < 4.78 is 1.17. The van der Waals surface area contributed by atoms with Crippen LogP contribution in [0.3, 0.4) is 0 Å². The van der Waals surface area contributed by atoms with Crippen molar-refractivity contribution in [2.45, 2.75) is 6.92 Å². The Kier molecular flexibility index (Phi) is 5.93. The Bertz CT molecular complexity index is 995. The predicted molar refractivity (Wildman–Crippen MR) is 120 cm³/mol. The van der Waals surface area contributed by atoms with Gasteiger partial charge in [0.2, 0.25) is 0 Å². The van der Waals surface area contributed by atoms with Gasteiger partial charge in [-0.05, 0) is 18.2 Å². The Hall–Kier alpha value is -1.59. The van der Waals surface area contributed by atoms with Crippen LogP contribution in [0.25, 0.3) is 10.1 Å². The zero-order chi connectivity index (χ0) is 19.7. The van der Waals surface area contributed by atoms with Crippen LogP contribution >= 0.6 is 34.5 Å². The van der Waals surface area contributed by atoms with Crippen molar-refractivity contribution in [3.63, 3.8) is 0 Å². The van der Waals surface area contributed by atoms with Gasteiger partial charge in [-0.3, -0.25) is 9.69 Å². The molecule has 1 atom stereocenters. The lowest BCUT2D eigenvalue weighted by molar-refractivity contribution is 0.0893. The van der Waals surface area contributed by atoms with Crippen LogP contribution in [-0.4, -0.2) is 43.4 Å². The van der Waals surface area contributed by atoms with Crippen LogP contribution in [0.2, 0.25) is 10.0 Å². The highest BCUT2D eigenvalue weighted by Crippen LogP contribution is 2.33. The van der Waals surface area contributed by atoms with Crippen molar-refractivity contribution >= 4 is 56.1 Å². The number of halogens is 2. The lowest BCUT2D eigenvalue weighted by Gasteiger charge is -2.37. The molecule has 0 spiro atoms. The second kappa shape index (κ2) is 8.42. The Labute approximate surface area is 179 Å². The molecule has 146 valence electrons. The molecule has 4 rings (SSSR count). The number of anilines is 1. The Morgan fingerprint density at radius 3 is 2.61 bits per heavy atom. The van der Waals surface area contributed by atoms with Crippen LogP contribution in [0.15, 0.2) is 47.8 Å². The summed E-state index contributed by atoms with van der Waals surface area (Å²) in [6.07, 6.45) is 0. The first-order valence-corrected chi connectivity index (χ1v) is 11.1. The summed E-state index contributed by atoms with van der Waals surface area (Å²) in [6, 6.07) is 13.9. The van der Waals surface area contributed by atoms with Gasteiger partial charge in [0.05, 0.1) is 15.7 Å². The van der Waals surface area contributed by atoms with E-state index in [1.165, 1.54) is 4.70 Å². The molecule has 1 aliphatic heterocycles. The van der Waals surface area contributed by atoms with Crippen LogP contribution < -0.4 is 4.90 Å². The lowest BCUT2D eigenvalue weighted by atomic mass is 9.98. The van der Waals surface area contributed by atoms with Gasteiger partial charge in [0.15, 0.2) is 5.78 Å². The van der Waals surface area contributed by atoms with Crippen molar-refractivity contribution < 1.29 is 4.79 Å². The molecule has 3 nitrogen and oxygen atoms in total. The molecular weight excluding hydrogens is 411 g/mol. The topological polar surface area (TPSA) is 23.6 Å². The van der Waals surface area contributed by atoms with Crippen LogP contribution in [0.1, 0.15) is 17.3 Å². The summed E-state index contributed by atoms with van der Waals surface area (Å²) in [5.74, 6) is 0.206. The molecule has 1 aliphatic rings. The molecule has 6 heteroatoms. The van der Waals surface area contributed by atoms with E-state index in [0.717, 1.165) is 49.4 Å². The molecule has 1 fully saturated rings. The molecule has 0 N–H and O–H groups in total. The Morgan fingerprint density at radius 1 is 1.07 bits per heavy atom. The first-order chi connectivity index (χ1) is 13.5. The molecule has 3 aromatic rings. The number of ketones is 1. The SMILES string of the molecule is CC(CN1CCN(c2cccc(Cl)c2Cl)CC1)C(=O)c1csc2ccccc12. The van der Waals surface area contributed by atoms with Crippen LogP contribution in [0, 0.1) is 5.92 Å². The maximum Gasteiger partial charge on any atom is 0.168 e. The molecule has 0 aliphatic carbocycles. The van der Waals surface area contributed by atoms with E-state index in [-0.39, 0.29) is 11.7 Å². The standard InChI is InChI=1S/C22H22Cl2N2OS/c1-15(22(27)17-14-28-20-8-3-2-5-16(17)20)13-25-9-11-26(12-10-25)19-7-4-6-18(23)21(19)24/h2-8,14-15H,9-13H2,1H3. The third kappa shape index (κ3) is 3.92. The third-order valence-electron chi connectivity index (χ3n) is 5.37. The van der Waals surface area contributed by atoms with Gasteiger partial charge >= 0.3 is 0 Å². The number of nitrogens with zero attached hydrogens (tertiary/aromatic N) is 2. The van der Waals surface area contributed by atoms with Gasteiger partial charge in [0, 0.05) is 59.7 Å². The van der Waals surface area contributed by atoms with Gasteiger partial charge in [-0.15, -0.1) is 11.3 Å². The van der Waals surface area contributed by atoms with E-state index in [4.69, 9.17) is 23.2 Å². The molecule has 1 saturated heterocycles. The highest BCUT2D eigenvalue weighted by Gasteiger charge is 2.24. The molecule has 1 unspecified atom stereocenters. The maximum atomic E-state index is 13.0. The number of benzene rings is 2. The van der Waals surface area contributed by atoms with E-state index in [9.17, 15) is 4.79 Å². The van der Waals surface area contributed by atoms with E-state index in [1.54, 1.807) is 11.3 Å². The van der Waals surface area contributed by atoms with E-state index in [1.807, 2.05) is 48.7 Å². The predicted octanol–water partition coefficient (Wildman–Crippen LogP) is 5.85. The summed E-state index contributed by atoms with van der Waals surface area (Å²) in [7, 11) is 0. The monoisotopic (exact) mass is 432 g/mol. The van der Waals surface area contributed by atoms with E-state index in [2.05, 4.69) is 15.9 Å². The molecule has 0 amide bonds. The second-order valence-corrected chi connectivity index (χ2v) is 8.97. The summed E-state index contributed by atoms with van der Waals surface area (Å²) in [4.78, 5) is 17.6. The summed E-state index contributed by atoms with van der Waals surface area (Å²) in [5.41, 5.74) is 1.85. The molecule has 0 bridgehead atoms. The first-order valence-electron chi connectivity index (χ1n) is 9.46. The van der Waals surface area contributed by atoms with Crippen molar-refractivity contribution in [1.82, 2.24) is 4.90 Å². The number of piperazine rings is 1. The maximum absolute atomic E-state index is 13.0. The van der Waals surface area contributed by atoms with E-state index in [0.29, 0.717) is 10.0 Å². The average Bonchev–Trinajstić information content (AvgIpc) is 3.14. The minimum absolute atomic E-state index is 0.0284. The fraction of sp³-hybridized carbons (Fsp3) is 0.318. The van der Waals surface area contributed by atoms with Gasteiger partial charge in [0.25, 0.3) is 0 Å². The van der Waals surface area contributed by atoms with Gasteiger partial charge in [-0.2, -0.15) is 0 Å². The van der Waals surface area contributed by atoms with Gasteiger partial charge in [-0.1, -0.05) is 54.4 Å². The fourth-order valence-corrected chi connectivity index (χ4v) is 5.18. The second-order valence-electron chi connectivity index (χ2n) is 7.27. The molecule has 2 heterocycles. The third-order valence-corrected chi connectivity index (χ3v) is 7.14. The highest BCUT2D eigenvalue weighted by molar-refractivity contribution is 7.17. The van der Waals surface area contributed by atoms with Gasteiger partial charge in [0.1, 0.15) is 0 Å². The summed E-state index contributed by atoms with van der Waals surface area (Å²) in [5, 5.41) is 4.28. The highest BCUT2D eigenvalue weighted by atomic mass is 35.5. The Morgan fingerprint density at radius 2 is 1.82 bits per heavy atom. The zero-order valence-electron chi connectivity index (χ0n) is 15.7. The van der Waals surface area contributed by atoms with Crippen molar-refractivity contribution in [1.29, 1.82) is 0 Å². The van der Waals surface area contributed by atoms with Crippen LogP contribution in [-0.2, 0) is 0 Å². The minimum Gasteiger partial charge on any atom is -0.368 e. The molecule has 28 heavy (non-hydrogen) atoms. The summed E-state index contributed by atoms with van der Waals surface area (Å²) >= 11 is 14.2. The van der Waals surface area contributed by atoms with Crippen molar-refractivity contribution in [3.8, 4) is 0 Å². The first kappa shape index (κ1) is 19.7. The van der Waals surface area contributed by atoms with Crippen molar-refractivity contribution in [2.75, 3.05) is 37.6 Å². The fourth-order valence-electron chi connectivity index (χ4n) is 3.81. The number of hydrogen-bond donors (Lipinski definition) is 0. The van der Waals surface area contributed by atoms with Crippen molar-refractivity contribution in [2.24, 2.45) is 5.92 Å². The van der Waals surface area contributed by atoms with E-state index >= 15 is 0 Å². The molecular formula is C22H22Cl2N2OS. The summed E-state index contributed by atoms with van der Waals surface area (Å²) in [6.45, 7) is 6.38. The van der Waals surface area contributed by atoms with Crippen LogP contribution in [0.4, 0.5) is 5.69 Å². The number of thiophene rings is 1. The largest absolute Gasteiger partial charge is 0.368 e. The molecule has 0 radical (unpaired) electrons. The van der Waals surface area contributed by atoms with E-state index < -0.39 is 0 Å². The average molecular weight is 433 g/mol. The number of rotatable bonds is 5. The van der Waals surface area contributed by atoms with Crippen LogP contribution in [0.5, 0.6) is 0 Å². The minimum atomic E-state index is -0.0284. The number of carbonyl (C=O) groups excluding carboxylic acids is 1. The normalized spacial score (nSPS) is 16.5.